The number of thioether (sulfide) groups is 1. The summed E-state index contributed by atoms with van der Waals surface area (Å²) < 4.78 is 1.66. The minimum atomic E-state index is -0.970. The van der Waals surface area contributed by atoms with E-state index in [1.807, 2.05) is 13.0 Å². The third-order valence-electron chi connectivity index (χ3n) is 2.60. The molecule has 0 aliphatic heterocycles. The molecule has 1 N–H and O–H groups in total. The number of halogens is 1. The van der Waals surface area contributed by atoms with Gasteiger partial charge in [-0.15, -0.1) is 0 Å². The smallest absolute Gasteiger partial charge is 0.313 e. The molecule has 1 aromatic heterocycles. The van der Waals surface area contributed by atoms with E-state index in [-0.39, 0.29) is 5.75 Å². The summed E-state index contributed by atoms with van der Waals surface area (Å²) in [6.45, 7) is 1.85. The molecule has 2 aromatic rings. The van der Waals surface area contributed by atoms with Crippen LogP contribution in [0.2, 0.25) is 5.02 Å². The number of rotatable bonds is 4. The molecule has 0 spiro atoms. The first-order valence-electron chi connectivity index (χ1n) is 5.69. The van der Waals surface area contributed by atoms with Crippen LogP contribution < -0.4 is 5.56 Å². The van der Waals surface area contributed by atoms with Gasteiger partial charge in [-0.05, 0) is 24.6 Å². The Bertz CT molecular complexity index is 715. The van der Waals surface area contributed by atoms with E-state index >= 15 is 0 Å². The zero-order valence-electron chi connectivity index (χ0n) is 10.5. The minimum Gasteiger partial charge on any atom is -0.481 e. The second-order valence-electron chi connectivity index (χ2n) is 3.98. The van der Waals surface area contributed by atoms with Crippen LogP contribution >= 0.6 is 23.4 Å². The normalized spacial score (nSPS) is 10.5. The van der Waals surface area contributed by atoms with Crippen LogP contribution in [0.1, 0.15) is 5.56 Å². The SMILES string of the molecule is Cc1c(Cl)cccc1-n1ccc(=O)nc1SCC(=O)O. The number of aliphatic carboxylic acids is 1. The molecule has 0 unspecified atom stereocenters. The Hall–Kier alpha value is -1.79. The van der Waals surface area contributed by atoms with Gasteiger partial charge in [0.25, 0.3) is 5.56 Å². The maximum atomic E-state index is 11.4. The molecule has 0 amide bonds. The van der Waals surface area contributed by atoms with Crippen molar-refractivity contribution < 1.29 is 9.90 Å². The van der Waals surface area contributed by atoms with E-state index in [0.717, 1.165) is 23.0 Å². The number of hydrogen-bond acceptors (Lipinski definition) is 4. The highest BCUT2D eigenvalue weighted by molar-refractivity contribution is 7.99. The van der Waals surface area contributed by atoms with Gasteiger partial charge in [0.15, 0.2) is 5.16 Å². The fourth-order valence-corrected chi connectivity index (χ4v) is 2.53. The first-order chi connectivity index (χ1) is 9.49. The molecule has 0 atom stereocenters. The average Bonchev–Trinajstić information content (AvgIpc) is 2.40. The van der Waals surface area contributed by atoms with Crippen molar-refractivity contribution in [2.24, 2.45) is 0 Å². The van der Waals surface area contributed by atoms with E-state index in [0.29, 0.717) is 10.2 Å². The quantitative estimate of drug-likeness (QED) is 0.693. The summed E-state index contributed by atoms with van der Waals surface area (Å²) in [6.07, 6.45) is 1.57. The van der Waals surface area contributed by atoms with Gasteiger partial charge in [-0.3, -0.25) is 14.2 Å². The van der Waals surface area contributed by atoms with Gasteiger partial charge in [-0.1, -0.05) is 29.4 Å². The van der Waals surface area contributed by atoms with E-state index in [2.05, 4.69) is 4.98 Å². The van der Waals surface area contributed by atoms with Crippen molar-refractivity contribution in [1.29, 1.82) is 0 Å². The number of carboxylic acids is 1. The lowest BCUT2D eigenvalue weighted by atomic mass is 10.2. The maximum absolute atomic E-state index is 11.4. The predicted molar refractivity (Wildman–Crippen MR) is 77.9 cm³/mol. The lowest BCUT2D eigenvalue weighted by Crippen LogP contribution is -2.14. The maximum Gasteiger partial charge on any atom is 0.313 e. The number of hydrogen-bond donors (Lipinski definition) is 1. The van der Waals surface area contributed by atoms with Crippen molar-refractivity contribution >= 4 is 29.3 Å². The molecule has 0 saturated carbocycles. The van der Waals surface area contributed by atoms with Crippen molar-refractivity contribution in [3.8, 4) is 5.69 Å². The molecule has 0 saturated heterocycles. The van der Waals surface area contributed by atoms with Crippen molar-refractivity contribution in [1.82, 2.24) is 9.55 Å². The number of aromatic nitrogens is 2. The standard InChI is InChI=1S/C13H11ClN2O3S/c1-8-9(14)3-2-4-10(8)16-6-5-11(17)15-13(16)20-7-12(18)19/h2-6H,7H2,1H3,(H,18,19). The number of nitrogens with zero attached hydrogens (tertiary/aromatic N) is 2. The molecular weight excluding hydrogens is 300 g/mol. The summed E-state index contributed by atoms with van der Waals surface area (Å²) in [7, 11) is 0. The van der Waals surface area contributed by atoms with E-state index in [1.165, 1.54) is 6.07 Å². The van der Waals surface area contributed by atoms with E-state index < -0.39 is 11.5 Å². The van der Waals surface area contributed by atoms with E-state index in [9.17, 15) is 9.59 Å². The van der Waals surface area contributed by atoms with Gasteiger partial charge in [0.2, 0.25) is 0 Å². The zero-order chi connectivity index (χ0) is 14.7. The predicted octanol–water partition coefficient (Wildman–Crippen LogP) is 2.37. The van der Waals surface area contributed by atoms with Crippen LogP contribution in [0.25, 0.3) is 5.69 Å². The van der Waals surface area contributed by atoms with Crippen LogP contribution in [0.5, 0.6) is 0 Å². The molecule has 0 bridgehead atoms. The molecule has 0 aliphatic carbocycles. The van der Waals surface area contributed by atoms with Gasteiger partial charge in [-0.2, -0.15) is 4.98 Å². The monoisotopic (exact) mass is 310 g/mol. The Balaban J connectivity index is 2.53. The summed E-state index contributed by atoms with van der Waals surface area (Å²) in [5.74, 6) is -1.14. The van der Waals surface area contributed by atoms with Crippen LogP contribution in [-0.4, -0.2) is 26.4 Å². The third kappa shape index (κ3) is 3.20. The van der Waals surface area contributed by atoms with Crippen molar-refractivity contribution in [2.75, 3.05) is 5.75 Å². The highest BCUT2D eigenvalue weighted by Gasteiger charge is 2.11. The Morgan fingerprint density at radius 1 is 1.45 bits per heavy atom. The van der Waals surface area contributed by atoms with Crippen LogP contribution in [0.4, 0.5) is 0 Å². The molecule has 7 heteroatoms. The van der Waals surface area contributed by atoms with Crippen LogP contribution in [-0.2, 0) is 4.79 Å². The Morgan fingerprint density at radius 2 is 2.20 bits per heavy atom. The molecule has 1 heterocycles. The first kappa shape index (κ1) is 14.6. The van der Waals surface area contributed by atoms with Gasteiger partial charge < -0.3 is 5.11 Å². The van der Waals surface area contributed by atoms with Crippen molar-refractivity contribution in [3.63, 3.8) is 0 Å². The van der Waals surface area contributed by atoms with Crippen molar-refractivity contribution in [3.05, 3.63) is 51.4 Å². The number of carbonyl (C=O) groups is 1. The molecule has 0 fully saturated rings. The largest absolute Gasteiger partial charge is 0.481 e. The lowest BCUT2D eigenvalue weighted by molar-refractivity contribution is -0.133. The van der Waals surface area contributed by atoms with Crippen LogP contribution in [0, 0.1) is 6.92 Å². The van der Waals surface area contributed by atoms with E-state index in [1.54, 1.807) is 22.9 Å². The highest BCUT2D eigenvalue weighted by atomic mass is 35.5. The van der Waals surface area contributed by atoms with Crippen LogP contribution in [0.15, 0.2) is 40.4 Å². The Morgan fingerprint density at radius 3 is 2.90 bits per heavy atom. The Kier molecular flexibility index (Phi) is 4.46. The summed E-state index contributed by atoms with van der Waals surface area (Å²) >= 11 is 7.07. The number of benzene rings is 1. The first-order valence-corrected chi connectivity index (χ1v) is 7.05. The molecule has 0 radical (unpaired) electrons. The van der Waals surface area contributed by atoms with E-state index in [4.69, 9.17) is 16.7 Å². The second kappa shape index (κ2) is 6.11. The summed E-state index contributed by atoms with van der Waals surface area (Å²) in [6, 6.07) is 6.71. The van der Waals surface area contributed by atoms with Gasteiger partial charge in [0.05, 0.1) is 11.4 Å². The summed E-state index contributed by atoms with van der Waals surface area (Å²) in [5.41, 5.74) is 1.18. The van der Waals surface area contributed by atoms with Gasteiger partial charge in [-0.25, -0.2) is 0 Å². The van der Waals surface area contributed by atoms with Crippen molar-refractivity contribution in [2.45, 2.75) is 12.1 Å². The molecular formula is C13H11ClN2O3S. The van der Waals surface area contributed by atoms with Crippen LogP contribution in [0.3, 0.4) is 0 Å². The Labute approximate surface area is 124 Å². The molecule has 104 valence electrons. The van der Waals surface area contributed by atoms with Gasteiger partial charge >= 0.3 is 5.97 Å². The lowest BCUT2D eigenvalue weighted by Gasteiger charge is -2.14. The second-order valence-corrected chi connectivity index (χ2v) is 5.33. The minimum absolute atomic E-state index is 0.171. The highest BCUT2D eigenvalue weighted by Crippen LogP contribution is 2.25. The number of carboxylic acid groups (broad SMARTS) is 1. The summed E-state index contributed by atoms with van der Waals surface area (Å²) in [4.78, 5) is 25.9. The molecule has 5 nitrogen and oxygen atoms in total. The summed E-state index contributed by atoms with van der Waals surface area (Å²) in [5, 5.41) is 9.66. The molecule has 20 heavy (non-hydrogen) atoms. The average molecular weight is 311 g/mol. The fraction of sp³-hybridized carbons (Fsp3) is 0.154. The van der Waals surface area contributed by atoms with Gasteiger partial charge in [0, 0.05) is 17.3 Å². The van der Waals surface area contributed by atoms with Gasteiger partial charge in [0.1, 0.15) is 0 Å². The zero-order valence-corrected chi connectivity index (χ0v) is 12.1. The molecule has 0 aliphatic rings. The molecule has 2 rings (SSSR count). The fourth-order valence-electron chi connectivity index (χ4n) is 1.66. The molecule has 1 aromatic carbocycles. The topological polar surface area (TPSA) is 72.2 Å². The third-order valence-corrected chi connectivity index (χ3v) is 3.95.